The van der Waals surface area contributed by atoms with Crippen LogP contribution in [0.3, 0.4) is 0 Å². The molecule has 1 aliphatic rings. The minimum Gasteiger partial charge on any atom is -0.368 e. The van der Waals surface area contributed by atoms with E-state index >= 15 is 0 Å². The molecule has 78 valence electrons. The molecule has 0 saturated carbocycles. The van der Waals surface area contributed by atoms with Crippen LogP contribution in [0.4, 0.5) is 5.69 Å². The summed E-state index contributed by atoms with van der Waals surface area (Å²) < 4.78 is 0. The normalized spacial score (nSPS) is 15.5. The first-order valence-electron chi connectivity index (χ1n) is 5.17. The molecule has 0 aliphatic carbocycles. The van der Waals surface area contributed by atoms with Crippen LogP contribution in [0.25, 0.3) is 0 Å². The van der Waals surface area contributed by atoms with Crippen molar-refractivity contribution in [3.63, 3.8) is 0 Å². The van der Waals surface area contributed by atoms with E-state index in [9.17, 15) is 0 Å². The van der Waals surface area contributed by atoms with E-state index in [2.05, 4.69) is 36.3 Å². The quantitative estimate of drug-likeness (QED) is 0.783. The minimum absolute atomic E-state index is 0.526. The van der Waals surface area contributed by atoms with E-state index in [0.717, 1.165) is 24.3 Å². The SMILES string of the molecule is Cc1cccc(C#N)c1N(C)C1CNC1. The standard InChI is InChI=1S/C12H15N3/c1-9-4-3-5-10(6-13)12(9)15(2)11-7-14-8-11/h3-5,11,14H,7-8H2,1-2H3. The van der Waals surface area contributed by atoms with E-state index in [1.807, 2.05) is 12.1 Å². The molecule has 3 heteroatoms. The molecule has 0 radical (unpaired) electrons. The van der Waals surface area contributed by atoms with Crippen molar-refractivity contribution < 1.29 is 0 Å². The van der Waals surface area contributed by atoms with E-state index in [1.165, 1.54) is 5.56 Å². The minimum atomic E-state index is 0.526. The number of benzene rings is 1. The maximum Gasteiger partial charge on any atom is 0.101 e. The summed E-state index contributed by atoms with van der Waals surface area (Å²) in [6, 6.07) is 8.65. The molecule has 1 saturated heterocycles. The number of hydrogen-bond donors (Lipinski definition) is 1. The third-order valence-corrected chi connectivity index (χ3v) is 3.02. The monoisotopic (exact) mass is 201 g/mol. The largest absolute Gasteiger partial charge is 0.368 e. The molecule has 1 fully saturated rings. The average Bonchev–Trinajstić information content (AvgIpc) is 2.14. The van der Waals surface area contributed by atoms with Gasteiger partial charge in [-0.3, -0.25) is 0 Å². The van der Waals surface area contributed by atoms with Gasteiger partial charge in [0.05, 0.1) is 17.3 Å². The van der Waals surface area contributed by atoms with Crippen molar-refractivity contribution in [2.45, 2.75) is 13.0 Å². The van der Waals surface area contributed by atoms with E-state index < -0.39 is 0 Å². The van der Waals surface area contributed by atoms with Crippen LogP contribution in [-0.2, 0) is 0 Å². The van der Waals surface area contributed by atoms with Crippen molar-refractivity contribution in [3.8, 4) is 6.07 Å². The number of rotatable bonds is 2. The lowest BCUT2D eigenvalue weighted by Gasteiger charge is -2.38. The van der Waals surface area contributed by atoms with Crippen molar-refractivity contribution in [2.24, 2.45) is 0 Å². The zero-order valence-electron chi connectivity index (χ0n) is 9.12. The molecule has 1 aromatic rings. The van der Waals surface area contributed by atoms with Gasteiger partial charge >= 0.3 is 0 Å². The molecule has 15 heavy (non-hydrogen) atoms. The Balaban J connectivity index is 2.37. The van der Waals surface area contributed by atoms with Crippen LogP contribution >= 0.6 is 0 Å². The van der Waals surface area contributed by atoms with Crippen LogP contribution in [0.15, 0.2) is 18.2 Å². The average molecular weight is 201 g/mol. The summed E-state index contributed by atoms with van der Waals surface area (Å²) in [5.41, 5.74) is 3.01. The summed E-state index contributed by atoms with van der Waals surface area (Å²) in [5.74, 6) is 0. The summed E-state index contributed by atoms with van der Waals surface area (Å²) in [5, 5.41) is 12.3. The summed E-state index contributed by atoms with van der Waals surface area (Å²) in [4.78, 5) is 2.21. The fraction of sp³-hybridized carbons (Fsp3) is 0.417. The zero-order valence-corrected chi connectivity index (χ0v) is 9.12. The Hall–Kier alpha value is -1.53. The lowest BCUT2D eigenvalue weighted by atomic mass is 10.0. The van der Waals surface area contributed by atoms with Gasteiger partial charge in [-0.2, -0.15) is 5.26 Å². The van der Waals surface area contributed by atoms with Crippen LogP contribution in [-0.4, -0.2) is 26.2 Å². The number of hydrogen-bond acceptors (Lipinski definition) is 3. The summed E-state index contributed by atoms with van der Waals surface area (Å²) in [6.07, 6.45) is 0. The van der Waals surface area contributed by atoms with Crippen molar-refractivity contribution in [3.05, 3.63) is 29.3 Å². The number of para-hydroxylation sites is 1. The van der Waals surface area contributed by atoms with Gasteiger partial charge in [0.15, 0.2) is 0 Å². The highest BCUT2D eigenvalue weighted by Gasteiger charge is 2.24. The molecule has 1 N–H and O–H groups in total. The lowest BCUT2D eigenvalue weighted by Crippen LogP contribution is -2.56. The Morgan fingerprint density at radius 2 is 2.20 bits per heavy atom. The first kappa shape index (κ1) is 10.0. The number of aryl methyl sites for hydroxylation is 1. The number of nitrogens with zero attached hydrogens (tertiary/aromatic N) is 2. The molecule has 0 atom stereocenters. The Morgan fingerprint density at radius 3 is 2.73 bits per heavy atom. The zero-order chi connectivity index (χ0) is 10.8. The van der Waals surface area contributed by atoms with Gasteiger partial charge in [0, 0.05) is 20.1 Å². The molecule has 1 heterocycles. The van der Waals surface area contributed by atoms with Gasteiger partial charge in [-0.1, -0.05) is 12.1 Å². The smallest absolute Gasteiger partial charge is 0.101 e. The third kappa shape index (κ3) is 1.69. The Kier molecular flexibility index (Phi) is 2.61. The van der Waals surface area contributed by atoms with Gasteiger partial charge in [0.1, 0.15) is 6.07 Å². The van der Waals surface area contributed by atoms with Crippen LogP contribution in [0.5, 0.6) is 0 Å². The molecular formula is C12H15N3. The molecule has 0 spiro atoms. The second kappa shape index (κ2) is 3.92. The van der Waals surface area contributed by atoms with Crippen molar-refractivity contribution in [1.82, 2.24) is 5.32 Å². The van der Waals surface area contributed by atoms with Gasteiger partial charge < -0.3 is 10.2 Å². The molecule has 2 rings (SSSR count). The molecule has 0 amide bonds. The maximum atomic E-state index is 9.07. The fourth-order valence-corrected chi connectivity index (χ4v) is 1.95. The second-order valence-electron chi connectivity index (χ2n) is 4.01. The van der Waals surface area contributed by atoms with E-state index in [-0.39, 0.29) is 0 Å². The predicted molar refractivity (Wildman–Crippen MR) is 61.0 cm³/mol. The van der Waals surface area contributed by atoms with Crippen LogP contribution in [0.1, 0.15) is 11.1 Å². The van der Waals surface area contributed by atoms with E-state index in [1.54, 1.807) is 0 Å². The van der Waals surface area contributed by atoms with Gasteiger partial charge in [-0.25, -0.2) is 0 Å². The van der Waals surface area contributed by atoms with Crippen molar-refractivity contribution in [2.75, 3.05) is 25.0 Å². The molecule has 1 aromatic carbocycles. The lowest BCUT2D eigenvalue weighted by molar-refractivity contribution is 0.428. The van der Waals surface area contributed by atoms with Gasteiger partial charge in [-0.15, -0.1) is 0 Å². The number of anilines is 1. The molecule has 0 aromatic heterocycles. The highest BCUT2D eigenvalue weighted by Crippen LogP contribution is 2.25. The molecule has 1 aliphatic heterocycles. The molecular weight excluding hydrogens is 186 g/mol. The number of likely N-dealkylation sites (N-methyl/N-ethyl adjacent to an activating group) is 1. The topological polar surface area (TPSA) is 39.1 Å². The highest BCUT2D eigenvalue weighted by atomic mass is 15.2. The van der Waals surface area contributed by atoms with Gasteiger partial charge in [0.25, 0.3) is 0 Å². The Bertz CT molecular complexity index is 402. The second-order valence-corrected chi connectivity index (χ2v) is 4.01. The first-order chi connectivity index (χ1) is 7.24. The van der Waals surface area contributed by atoms with Crippen LogP contribution in [0, 0.1) is 18.3 Å². The summed E-state index contributed by atoms with van der Waals surface area (Å²) >= 11 is 0. The summed E-state index contributed by atoms with van der Waals surface area (Å²) in [6.45, 7) is 4.07. The van der Waals surface area contributed by atoms with E-state index in [4.69, 9.17) is 5.26 Å². The Labute approximate surface area is 90.3 Å². The number of nitrogens with one attached hydrogen (secondary N) is 1. The van der Waals surface area contributed by atoms with Crippen molar-refractivity contribution >= 4 is 5.69 Å². The third-order valence-electron chi connectivity index (χ3n) is 3.02. The molecule has 0 bridgehead atoms. The van der Waals surface area contributed by atoms with E-state index in [0.29, 0.717) is 6.04 Å². The molecule has 0 unspecified atom stereocenters. The van der Waals surface area contributed by atoms with Crippen LogP contribution < -0.4 is 10.2 Å². The summed E-state index contributed by atoms with van der Waals surface area (Å²) in [7, 11) is 2.06. The fourth-order valence-electron chi connectivity index (χ4n) is 1.95. The van der Waals surface area contributed by atoms with Crippen LogP contribution in [0.2, 0.25) is 0 Å². The molecule has 3 nitrogen and oxygen atoms in total. The first-order valence-corrected chi connectivity index (χ1v) is 5.17. The van der Waals surface area contributed by atoms with Gasteiger partial charge in [0.2, 0.25) is 0 Å². The van der Waals surface area contributed by atoms with Gasteiger partial charge in [-0.05, 0) is 18.6 Å². The van der Waals surface area contributed by atoms with Crippen molar-refractivity contribution in [1.29, 1.82) is 5.26 Å². The Morgan fingerprint density at radius 1 is 1.47 bits per heavy atom. The highest BCUT2D eigenvalue weighted by molar-refractivity contribution is 5.64. The predicted octanol–water partition coefficient (Wildman–Crippen LogP) is 1.27. The maximum absolute atomic E-state index is 9.07. The number of nitriles is 1.